The molecule has 0 bridgehead atoms. The first kappa shape index (κ1) is 15.6. The molecule has 6 heteroatoms. The van der Waals surface area contributed by atoms with Crippen LogP contribution in [0.3, 0.4) is 0 Å². The third-order valence-corrected chi connectivity index (χ3v) is 3.94. The highest BCUT2D eigenvalue weighted by atomic mass is 79.9. The number of ether oxygens (including phenoxy) is 1. The Balaban J connectivity index is 1.75. The van der Waals surface area contributed by atoms with E-state index in [1.165, 1.54) is 0 Å². The van der Waals surface area contributed by atoms with Crippen molar-refractivity contribution in [1.82, 2.24) is 0 Å². The SMILES string of the molecule is Cc1ccc2c(c1)OC(=O)CN2CC(=O)Nc1cccc(Br)c1. The number of halogens is 1. The highest BCUT2D eigenvalue weighted by Gasteiger charge is 2.25. The molecule has 0 radical (unpaired) electrons. The van der Waals surface area contributed by atoms with Crippen molar-refractivity contribution in [2.45, 2.75) is 6.92 Å². The monoisotopic (exact) mass is 374 g/mol. The molecule has 23 heavy (non-hydrogen) atoms. The summed E-state index contributed by atoms with van der Waals surface area (Å²) in [6.07, 6.45) is 0. The van der Waals surface area contributed by atoms with Crippen molar-refractivity contribution < 1.29 is 14.3 Å². The van der Waals surface area contributed by atoms with Crippen molar-refractivity contribution in [2.24, 2.45) is 0 Å². The number of amides is 1. The first-order valence-corrected chi connectivity index (χ1v) is 7.92. The summed E-state index contributed by atoms with van der Waals surface area (Å²) in [6.45, 7) is 2.06. The molecule has 0 fully saturated rings. The predicted octanol–water partition coefficient (Wildman–Crippen LogP) is 3.12. The summed E-state index contributed by atoms with van der Waals surface area (Å²) in [5, 5.41) is 2.82. The van der Waals surface area contributed by atoms with E-state index in [4.69, 9.17) is 4.74 Å². The molecule has 0 aromatic heterocycles. The number of nitrogens with one attached hydrogen (secondary N) is 1. The fourth-order valence-corrected chi connectivity index (χ4v) is 2.84. The summed E-state index contributed by atoms with van der Waals surface area (Å²) in [4.78, 5) is 25.7. The summed E-state index contributed by atoms with van der Waals surface area (Å²) in [5.41, 5.74) is 2.45. The minimum Gasteiger partial charge on any atom is -0.423 e. The molecule has 1 N–H and O–H groups in total. The lowest BCUT2D eigenvalue weighted by molar-refractivity contribution is -0.133. The molecule has 3 rings (SSSR count). The van der Waals surface area contributed by atoms with E-state index in [1.807, 2.05) is 43.3 Å². The van der Waals surface area contributed by atoms with Crippen molar-refractivity contribution in [3.63, 3.8) is 0 Å². The van der Waals surface area contributed by atoms with Crippen LogP contribution >= 0.6 is 15.9 Å². The molecule has 118 valence electrons. The van der Waals surface area contributed by atoms with E-state index in [-0.39, 0.29) is 25.0 Å². The summed E-state index contributed by atoms with van der Waals surface area (Å²) in [7, 11) is 0. The molecule has 0 saturated heterocycles. The van der Waals surface area contributed by atoms with E-state index in [2.05, 4.69) is 21.2 Å². The predicted molar refractivity (Wildman–Crippen MR) is 91.8 cm³/mol. The first-order valence-electron chi connectivity index (χ1n) is 7.13. The second-order valence-corrected chi connectivity index (χ2v) is 6.28. The zero-order chi connectivity index (χ0) is 16.4. The summed E-state index contributed by atoms with van der Waals surface area (Å²) in [5.74, 6) is -0.0563. The van der Waals surface area contributed by atoms with Crippen molar-refractivity contribution in [3.05, 3.63) is 52.5 Å². The molecule has 1 heterocycles. The van der Waals surface area contributed by atoms with Crippen LogP contribution in [0.15, 0.2) is 46.9 Å². The van der Waals surface area contributed by atoms with Gasteiger partial charge in [-0.3, -0.25) is 4.79 Å². The summed E-state index contributed by atoms with van der Waals surface area (Å²) < 4.78 is 6.13. The molecule has 1 amide bonds. The van der Waals surface area contributed by atoms with E-state index < -0.39 is 0 Å². The van der Waals surface area contributed by atoms with E-state index in [9.17, 15) is 9.59 Å². The smallest absolute Gasteiger partial charge is 0.331 e. The fourth-order valence-electron chi connectivity index (χ4n) is 2.44. The molecule has 0 aliphatic carbocycles. The van der Waals surface area contributed by atoms with Gasteiger partial charge < -0.3 is 15.0 Å². The van der Waals surface area contributed by atoms with E-state index >= 15 is 0 Å². The Labute approximate surface area is 142 Å². The lowest BCUT2D eigenvalue weighted by Crippen LogP contribution is -2.41. The molecule has 2 aromatic carbocycles. The molecular formula is C17H15BrN2O3. The largest absolute Gasteiger partial charge is 0.423 e. The standard InChI is InChI=1S/C17H15BrN2O3/c1-11-5-6-14-15(7-11)23-17(22)10-20(14)9-16(21)19-13-4-2-3-12(18)8-13/h2-8H,9-10H2,1H3,(H,19,21). The second kappa shape index (κ2) is 6.42. The number of fused-ring (bicyclic) bond motifs is 1. The van der Waals surface area contributed by atoms with Crippen LogP contribution < -0.4 is 15.0 Å². The Morgan fingerprint density at radius 3 is 2.91 bits per heavy atom. The highest BCUT2D eigenvalue weighted by molar-refractivity contribution is 9.10. The van der Waals surface area contributed by atoms with Crippen LogP contribution in [0.4, 0.5) is 11.4 Å². The lowest BCUT2D eigenvalue weighted by Gasteiger charge is -2.29. The Morgan fingerprint density at radius 2 is 2.13 bits per heavy atom. The molecule has 0 atom stereocenters. The first-order chi connectivity index (χ1) is 11.0. The molecule has 1 aliphatic rings. The van der Waals surface area contributed by atoms with E-state index in [0.29, 0.717) is 11.4 Å². The molecule has 2 aromatic rings. The maximum atomic E-state index is 12.3. The normalized spacial score (nSPS) is 13.3. The molecular weight excluding hydrogens is 360 g/mol. The van der Waals surface area contributed by atoms with Crippen LogP contribution in [0.25, 0.3) is 0 Å². The average molecular weight is 375 g/mol. The van der Waals surface area contributed by atoms with Gasteiger partial charge in [0, 0.05) is 10.2 Å². The number of hydrogen-bond acceptors (Lipinski definition) is 4. The van der Waals surface area contributed by atoms with E-state index in [0.717, 1.165) is 15.7 Å². The number of benzene rings is 2. The van der Waals surface area contributed by atoms with Crippen LogP contribution in [-0.4, -0.2) is 25.0 Å². The number of anilines is 2. The molecule has 1 aliphatic heterocycles. The molecule has 0 saturated carbocycles. The minimum absolute atomic E-state index is 0.0575. The summed E-state index contributed by atoms with van der Waals surface area (Å²) in [6, 6.07) is 12.9. The van der Waals surface area contributed by atoms with Crippen LogP contribution in [0, 0.1) is 6.92 Å². The van der Waals surface area contributed by atoms with Gasteiger partial charge in [0.05, 0.1) is 12.2 Å². The molecule has 5 nitrogen and oxygen atoms in total. The number of carbonyl (C=O) groups is 2. The van der Waals surface area contributed by atoms with Gasteiger partial charge >= 0.3 is 5.97 Å². The van der Waals surface area contributed by atoms with Crippen LogP contribution in [0.5, 0.6) is 5.75 Å². The minimum atomic E-state index is -0.363. The van der Waals surface area contributed by atoms with Gasteiger partial charge in [-0.25, -0.2) is 4.79 Å². The maximum Gasteiger partial charge on any atom is 0.331 e. The van der Waals surface area contributed by atoms with Crippen molar-refractivity contribution in [3.8, 4) is 5.75 Å². The number of aryl methyl sites for hydroxylation is 1. The average Bonchev–Trinajstić information content (AvgIpc) is 2.46. The van der Waals surface area contributed by atoms with Gasteiger partial charge in [-0.05, 0) is 42.8 Å². The summed E-state index contributed by atoms with van der Waals surface area (Å²) >= 11 is 3.36. The third-order valence-electron chi connectivity index (χ3n) is 3.44. The van der Waals surface area contributed by atoms with E-state index in [1.54, 1.807) is 11.0 Å². The van der Waals surface area contributed by atoms with Crippen LogP contribution in [0.2, 0.25) is 0 Å². The number of hydrogen-bond donors (Lipinski definition) is 1. The Bertz CT molecular complexity index is 776. The Kier molecular flexibility index (Phi) is 4.34. The van der Waals surface area contributed by atoms with Gasteiger partial charge in [0.2, 0.25) is 5.91 Å². The number of esters is 1. The zero-order valence-electron chi connectivity index (χ0n) is 12.5. The molecule has 0 spiro atoms. The van der Waals surface area contributed by atoms with Crippen LogP contribution in [-0.2, 0) is 9.59 Å². The third kappa shape index (κ3) is 3.71. The van der Waals surface area contributed by atoms with Gasteiger partial charge in [-0.15, -0.1) is 0 Å². The number of nitrogens with zero attached hydrogens (tertiary/aromatic N) is 1. The second-order valence-electron chi connectivity index (χ2n) is 5.36. The van der Waals surface area contributed by atoms with Crippen LogP contribution in [0.1, 0.15) is 5.56 Å². The highest BCUT2D eigenvalue weighted by Crippen LogP contribution is 2.32. The lowest BCUT2D eigenvalue weighted by atomic mass is 10.1. The fraction of sp³-hybridized carbons (Fsp3) is 0.176. The van der Waals surface area contributed by atoms with Gasteiger partial charge in [0.25, 0.3) is 0 Å². The topological polar surface area (TPSA) is 58.6 Å². The van der Waals surface area contributed by atoms with Crippen molar-refractivity contribution in [2.75, 3.05) is 23.3 Å². The Morgan fingerprint density at radius 1 is 1.30 bits per heavy atom. The van der Waals surface area contributed by atoms with Crippen molar-refractivity contribution in [1.29, 1.82) is 0 Å². The van der Waals surface area contributed by atoms with Gasteiger partial charge in [-0.1, -0.05) is 28.1 Å². The van der Waals surface area contributed by atoms with Gasteiger partial charge in [-0.2, -0.15) is 0 Å². The maximum absolute atomic E-state index is 12.3. The van der Waals surface area contributed by atoms with Gasteiger partial charge in [0.1, 0.15) is 6.54 Å². The Hall–Kier alpha value is -2.34. The number of rotatable bonds is 3. The zero-order valence-corrected chi connectivity index (χ0v) is 14.1. The van der Waals surface area contributed by atoms with Gasteiger partial charge in [0.15, 0.2) is 5.75 Å². The quantitative estimate of drug-likeness (QED) is 0.662. The van der Waals surface area contributed by atoms with Crippen molar-refractivity contribution >= 4 is 39.2 Å². The number of carbonyl (C=O) groups excluding carboxylic acids is 2. The molecule has 0 unspecified atom stereocenters.